The third-order valence-electron chi connectivity index (χ3n) is 4.15. The zero-order valence-electron chi connectivity index (χ0n) is 14.5. The van der Waals surface area contributed by atoms with E-state index in [9.17, 15) is 4.79 Å². The monoisotopic (exact) mass is 315 g/mol. The molecule has 3 heteroatoms. The maximum atomic E-state index is 11.1. The summed E-state index contributed by atoms with van der Waals surface area (Å²) in [7, 11) is -0.831. The summed E-state index contributed by atoms with van der Waals surface area (Å²) in [6, 6.07) is 0. The summed E-state index contributed by atoms with van der Waals surface area (Å²) in [5, 5.41) is 0. The van der Waals surface area contributed by atoms with Crippen molar-refractivity contribution < 1.29 is 9.53 Å². The van der Waals surface area contributed by atoms with Crippen molar-refractivity contribution in [2.75, 3.05) is 31.3 Å². The molecule has 0 amide bonds. The Labute approximate surface area is 133 Å². The fourth-order valence-corrected chi connectivity index (χ4v) is 7.89. The van der Waals surface area contributed by atoms with E-state index in [0.29, 0.717) is 6.61 Å². The Morgan fingerprint density at radius 3 is 1.71 bits per heavy atom. The van der Waals surface area contributed by atoms with Crippen molar-refractivity contribution in [1.29, 1.82) is 0 Å². The molecular weight excluding hydrogens is 279 g/mol. The van der Waals surface area contributed by atoms with Crippen molar-refractivity contribution in [3.8, 4) is 0 Å². The van der Waals surface area contributed by atoms with Crippen molar-refractivity contribution in [2.24, 2.45) is 0 Å². The number of unbranched alkanes of at least 4 members (excludes halogenated alkanes) is 3. The molecule has 0 radical (unpaired) electrons. The average Bonchev–Trinajstić information content (AvgIpc) is 2.52. The third-order valence-corrected chi connectivity index (χ3v) is 9.21. The van der Waals surface area contributed by atoms with Gasteiger partial charge in [0.1, 0.15) is 0 Å². The lowest BCUT2D eigenvalue weighted by Gasteiger charge is -2.28. The van der Waals surface area contributed by atoms with Gasteiger partial charge in [-0.05, 0) is 19.3 Å². The van der Waals surface area contributed by atoms with Crippen LogP contribution in [0.2, 0.25) is 0 Å². The van der Waals surface area contributed by atoms with Gasteiger partial charge in [0.15, 0.2) is 0 Å². The summed E-state index contributed by atoms with van der Waals surface area (Å²) in [6.07, 6.45) is 15.9. The first-order chi connectivity index (χ1) is 10.1. The topological polar surface area (TPSA) is 26.3 Å². The number of hydrogen-bond donors (Lipinski definition) is 0. The number of esters is 1. The van der Waals surface area contributed by atoms with Crippen molar-refractivity contribution in [2.45, 2.75) is 65.7 Å². The van der Waals surface area contributed by atoms with Gasteiger partial charge >= 0.3 is 5.97 Å². The number of ether oxygens (including phenoxy) is 1. The van der Waals surface area contributed by atoms with Crippen LogP contribution in [0.5, 0.6) is 0 Å². The number of hydrogen-bond acceptors (Lipinski definition) is 2. The summed E-state index contributed by atoms with van der Waals surface area (Å²) in [4.78, 5) is 11.1. The molecule has 0 unspecified atom stereocenters. The van der Waals surface area contributed by atoms with Gasteiger partial charge in [0.25, 0.3) is 0 Å². The summed E-state index contributed by atoms with van der Waals surface area (Å²) < 4.78 is 5.16. The number of carbonyl (C=O) groups excluding carboxylic acids is 1. The normalized spacial score (nSPS) is 11.4. The maximum absolute atomic E-state index is 11.1. The van der Waals surface area contributed by atoms with Gasteiger partial charge in [-0.1, -0.05) is 46.6 Å². The van der Waals surface area contributed by atoms with E-state index in [0.717, 1.165) is 6.42 Å². The molecule has 0 spiro atoms. The largest absolute Gasteiger partial charge is 0.462 e. The Balaban J connectivity index is 4.47. The zero-order valence-corrected chi connectivity index (χ0v) is 15.4. The highest BCUT2D eigenvalue weighted by atomic mass is 31.2. The maximum Gasteiger partial charge on any atom is 0.330 e. The van der Waals surface area contributed by atoms with E-state index in [1.165, 1.54) is 69.2 Å². The van der Waals surface area contributed by atoms with Crippen molar-refractivity contribution in [3.63, 3.8) is 0 Å². The Morgan fingerprint density at radius 2 is 1.33 bits per heavy atom. The minimum absolute atomic E-state index is 0.283. The van der Waals surface area contributed by atoms with Crippen LogP contribution in [-0.4, -0.2) is 37.2 Å². The van der Waals surface area contributed by atoms with Crippen LogP contribution in [0.3, 0.4) is 0 Å². The van der Waals surface area contributed by atoms with E-state index < -0.39 is 7.26 Å². The quantitative estimate of drug-likeness (QED) is 0.182. The molecule has 0 aromatic carbocycles. The second-order valence-corrected chi connectivity index (χ2v) is 10.5. The highest BCUT2D eigenvalue weighted by Gasteiger charge is 2.34. The second-order valence-electron chi connectivity index (χ2n) is 6.02. The summed E-state index contributed by atoms with van der Waals surface area (Å²) >= 11 is 0. The predicted octanol–water partition coefficient (Wildman–Crippen LogP) is 5.52. The van der Waals surface area contributed by atoms with Gasteiger partial charge in [-0.15, -0.1) is 0 Å². The molecule has 0 aromatic rings. The number of carbonyl (C=O) groups is 1. The van der Waals surface area contributed by atoms with Crippen molar-refractivity contribution in [1.82, 2.24) is 0 Å². The van der Waals surface area contributed by atoms with Gasteiger partial charge in [-0.2, -0.15) is 0 Å². The molecule has 0 aliphatic carbocycles. The van der Waals surface area contributed by atoms with Crippen LogP contribution in [-0.2, 0) is 9.53 Å². The lowest BCUT2D eigenvalue weighted by molar-refractivity contribution is -0.137. The lowest BCUT2D eigenvalue weighted by atomic mass is 10.4. The van der Waals surface area contributed by atoms with E-state index in [4.69, 9.17) is 4.74 Å². The minimum atomic E-state index is -0.831. The molecule has 0 N–H and O–H groups in total. The molecule has 0 rings (SSSR count). The van der Waals surface area contributed by atoms with Gasteiger partial charge in [-0.25, -0.2) is 4.79 Å². The highest BCUT2D eigenvalue weighted by Crippen LogP contribution is 2.61. The molecule has 2 nitrogen and oxygen atoms in total. The van der Waals surface area contributed by atoms with E-state index in [1.54, 1.807) is 0 Å². The standard InChI is InChI=1S/C18H36O2P/c1-5-9-14-21(15-10-6-2,16-11-7-3)17-12-13-20-18(19)8-4/h8H,4-7,9-17H2,1-3H3/q+1. The summed E-state index contributed by atoms with van der Waals surface area (Å²) in [5.74, 6) is -0.283. The fourth-order valence-electron chi connectivity index (χ4n) is 2.78. The van der Waals surface area contributed by atoms with E-state index in [-0.39, 0.29) is 5.97 Å². The first-order valence-corrected chi connectivity index (χ1v) is 11.3. The van der Waals surface area contributed by atoms with E-state index in [1.807, 2.05) is 0 Å². The fraction of sp³-hybridized carbons (Fsp3) is 0.833. The van der Waals surface area contributed by atoms with Crippen LogP contribution in [0.4, 0.5) is 0 Å². The molecule has 0 saturated carbocycles. The van der Waals surface area contributed by atoms with Gasteiger partial charge in [0, 0.05) is 19.8 Å². The summed E-state index contributed by atoms with van der Waals surface area (Å²) in [5.41, 5.74) is 0. The van der Waals surface area contributed by atoms with Gasteiger partial charge in [-0.3, -0.25) is 0 Å². The first-order valence-electron chi connectivity index (χ1n) is 8.78. The molecule has 0 bridgehead atoms. The zero-order chi connectivity index (χ0) is 16.0. The Kier molecular flexibility index (Phi) is 13.1. The molecule has 0 saturated heterocycles. The lowest BCUT2D eigenvalue weighted by Crippen LogP contribution is -2.14. The molecule has 21 heavy (non-hydrogen) atoms. The molecule has 0 fully saturated rings. The summed E-state index contributed by atoms with van der Waals surface area (Å²) in [6.45, 7) is 10.9. The van der Waals surface area contributed by atoms with Crippen LogP contribution < -0.4 is 0 Å². The molecular formula is C18H36O2P+. The van der Waals surface area contributed by atoms with E-state index in [2.05, 4.69) is 27.4 Å². The molecule has 0 aromatic heterocycles. The first kappa shape index (κ1) is 20.6. The van der Waals surface area contributed by atoms with E-state index >= 15 is 0 Å². The van der Waals surface area contributed by atoms with Gasteiger partial charge in [0.05, 0.1) is 31.3 Å². The molecule has 0 aliphatic heterocycles. The Morgan fingerprint density at radius 1 is 0.905 bits per heavy atom. The van der Waals surface area contributed by atoms with Crippen LogP contribution in [0, 0.1) is 0 Å². The minimum Gasteiger partial charge on any atom is -0.462 e. The molecule has 0 aliphatic rings. The van der Waals surface area contributed by atoms with Crippen LogP contribution in [0.1, 0.15) is 65.7 Å². The van der Waals surface area contributed by atoms with Crippen LogP contribution in [0.15, 0.2) is 12.7 Å². The van der Waals surface area contributed by atoms with Crippen LogP contribution >= 0.6 is 7.26 Å². The van der Waals surface area contributed by atoms with Crippen molar-refractivity contribution >= 4 is 13.2 Å². The van der Waals surface area contributed by atoms with Crippen LogP contribution in [0.25, 0.3) is 0 Å². The predicted molar refractivity (Wildman–Crippen MR) is 96.9 cm³/mol. The third kappa shape index (κ3) is 10.1. The average molecular weight is 315 g/mol. The van der Waals surface area contributed by atoms with Gasteiger partial charge in [0.2, 0.25) is 0 Å². The molecule has 124 valence electrons. The van der Waals surface area contributed by atoms with Crippen molar-refractivity contribution in [3.05, 3.63) is 12.7 Å². The SMILES string of the molecule is C=CC(=O)OCCC[P+](CCCC)(CCCC)CCCC. The van der Waals surface area contributed by atoms with Gasteiger partial charge < -0.3 is 4.74 Å². The molecule has 0 heterocycles. The number of rotatable bonds is 14. The Bertz CT molecular complexity index is 255. The highest BCUT2D eigenvalue weighted by molar-refractivity contribution is 7.75. The smallest absolute Gasteiger partial charge is 0.330 e. The molecule has 0 atom stereocenters. The second kappa shape index (κ2) is 13.3. The Hall–Kier alpha value is -0.360.